The van der Waals surface area contributed by atoms with Gasteiger partial charge in [-0.25, -0.2) is 4.98 Å². The molecule has 10 nitrogen and oxygen atoms in total. The topological polar surface area (TPSA) is 137 Å². The molecule has 1 fully saturated rings. The molecule has 3 N–H and O–H groups in total. The molecule has 0 atom stereocenters. The lowest BCUT2D eigenvalue weighted by Gasteiger charge is -2.31. The first-order valence-electron chi connectivity index (χ1n) is 10.7. The van der Waals surface area contributed by atoms with Gasteiger partial charge in [-0.3, -0.25) is 4.79 Å². The molecule has 4 heterocycles. The molecule has 1 aliphatic heterocycles. The molecule has 1 amide bonds. The number of halogens is 6. The van der Waals surface area contributed by atoms with Gasteiger partial charge in [0.05, 0.1) is 20.6 Å². The number of phenolic OH excluding ortho intramolecular Hbond substituents is 1. The van der Waals surface area contributed by atoms with E-state index in [4.69, 9.17) is 49.5 Å². The third-order valence-corrected chi connectivity index (χ3v) is 6.36. The summed E-state index contributed by atoms with van der Waals surface area (Å²) in [7, 11) is 1.56. The molecular formula is C22H17Cl3F3N5O5. The second-order valence-electron chi connectivity index (χ2n) is 8.28. The highest BCUT2D eigenvalue weighted by Crippen LogP contribution is 2.36. The number of nitrogens with zero attached hydrogens (tertiary/aromatic N) is 5. The Morgan fingerprint density at radius 1 is 1.05 bits per heavy atom. The summed E-state index contributed by atoms with van der Waals surface area (Å²) in [5.74, 6) is -2.93. The highest BCUT2D eigenvalue weighted by Gasteiger charge is 2.38. The van der Waals surface area contributed by atoms with Crippen molar-refractivity contribution in [1.82, 2.24) is 24.4 Å². The Labute approximate surface area is 226 Å². The number of alkyl halides is 3. The molecule has 1 aromatic carbocycles. The van der Waals surface area contributed by atoms with E-state index in [0.717, 1.165) is 16.7 Å². The second-order valence-corrected chi connectivity index (χ2v) is 9.51. The molecule has 4 aromatic rings. The number of imidazole rings is 1. The fourth-order valence-corrected chi connectivity index (χ4v) is 4.20. The number of piperidine rings is 1. The van der Waals surface area contributed by atoms with Gasteiger partial charge in [0.15, 0.2) is 5.65 Å². The number of aromatic hydroxyl groups is 1. The standard InChI is InChI=1S/C16H6Cl3F3N4O2.C6H11NO3/c17-8-3-12(27)9(18)2-7(8)13-24-15(28-25-13)11-5-26-4-6(16(20,21)22)1-10(19)14(26)23-11;1-7-4-2-3-6(9,10)5(7)8/h1-5,27H;9-10H,2-4H2,1H3. The summed E-state index contributed by atoms with van der Waals surface area (Å²) in [5, 5.41) is 31.3. The SMILES string of the molecule is CN1CCCC(O)(O)C1=O.Oc1cc(Cl)c(-c2noc(-c3cn4cc(C(F)(F)F)cc(Cl)c4n3)n2)cc1Cl. The summed E-state index contributed by atoms with van der Waals surface area (Å²) in [6, 6.07) is 3.35. The Hall–Kier alpha value is -3.10. The van der Waals surface area contributed by atoms with Crippen LogP contribution >= 0.6 is 34.8 Å². The Kier molecular flexibility index (Phi) is 7.51. The van der Waals surface area contributed by atoms with Crippen molar-refractivity contribution in [3.8, 4) is 28.7 Å². The van der Waals surface area contributed by atoms with Crippen LogP contribution in [0.4, 0.5) is 13.2 Å². The first-order chi connectivity index (χ1) is 17.7. The number of phenols is 1. The van der Waals surface area contributed by atoms with Crippen LogP contribution in [0, 0.1) is 0 Å². The number of amides is 1. The van der Waals surface area contributed by atoms with Crippen LogP contribution < -0.4 is 0 Å². The number of rotatable bonds is 2. The molecule has 5 rings (SSSR count). The van der Waals surface area contributed by atoms with Gasteiger partial charge in [-0.05, 0) is 18.6 Å². The van der Waals surface area contributed by atoms with Gasteiger partial charge in [0.1, 0.15) is 11.4 Å². The van der Waals surface area contributed by atoms with Gasteiger partial charge in [0, 0.05) is 44.0 Å². The van der Waals surface area contributed by atoms with Crippen LogP contribution in [-0.4, -0.2) is 65.0 Å². The molecule has 3 aromatic heterocycles. The van der Waals surface area contributed by atoms with E-state index in [1.807, 2.05) is 0 Å². The minimum atomic E-state index is -4.56. The van der Waals surface area contributed by atoms with Crippen LogP contribution in [0.5, 0.6) is 5.75 Å². The van der Waals surface area contributed by atoms with E-state index >= 15 is 0 Å². The molecule has 0 radical (unpaired) electrons. The van der Waals surface area contributed by atoms with E-state index in [1.54, 1.807) is 7.05 Å². The molecule has 0 bridgehead atoms. The second kappa shape index (κ2) is 10.2. The minimum absolute atomic E-state index is 0.0324. The van der Waals surface area contributed by atoms with E-state index in [2.05, 4.69) is 15.1 Å². The largest absolute Gasteiger partial charge is 0.506 e. The number of fused-ring (bicyclic) bond motifs is 1. The summed E-state index contributed by atoms with van der Waals surface area (Å²) < 4.78 is 45.1. The Bertz CT molecular complexity index is 1520. The smallest absolute Gasteiger partial charge is 0.417 e. The summed E-state index contributed by atoms with van der Waals surface area (Å²) in [6.45, 7) is 0.613. The maximum Gasteiger partial charge on any atom is 0.417 e. The average Bonchev–Trinajstić information content (AvgIpc) is 3.47. The lowest BCUT2D eigenvalue weighted by atomic mass is 10.1. The Morgan fingerprint density at radius 2 is 1.76 bits per heavy atom. The Balaban J connectivity index is 0.000000283. The van der Waals surface area contributed by atoms with Gasteiger partial charge >= 0.3 is 6.18 Å². The van der Waals surface area contributed by atoms with Gasteiger partial charge in [0.2, 0.25) is 11.6 Å². The van der Waals surface area contributed by atoms with E-state index in [9.17, 15) is 23.1 Å². The maximum absolute atomic E-state index is 12.9. The molecule has 0 spiro atoms. The van der Waals surface area contributed by atoms with Crippen LogP contribution in [-0.2, 0) is 11.0 Å². The number of aromatic nitrogens is 4. The van der Waals surface area contributed by atoms with Crippen LogP contribution in [0.3, 0.4) is 0 Å². The molecule has 1 aliphatic rings. The number of hydrogen-bond acceptors (Lipinski definition) is 8. The van der Waals surface area contributed by atoms with Crippen molar-refractivity contribution in [3.63, 3.8) is 0 Å². The average molecular weight is 595 g/mol. The molecule has 0 aliphatic carbocycles. The zero-order valence-electron chi connectivity index (χ0n) is 19.2. The highest BCUT2D eigenvalue weighted by molar-refractivity contribution is 6.36. The summed E-state index contributed by atoms with van der Waals surface area (Å²) in [4.78, 5) is 20.5. The van der Waals surface area contributed by atoms with E-state index in [1.165, 1.54) is 23.2 Å². The van der Waals surface area contributed by atoms with Crippen LogP contribution in [0.2, 0.25) is 15.1 Å². The monoisotopic (exact) mass is 593 g/mol. The predicted octanol–water partition coefficient (Wildman–Crippen LogP) is 4.66. The maximum atomic E-state index is 12.9. The number of carbonyl (C=O) groups is 1. The van der Waals surface area contributed by atoms with Gasteiger partial charge in [-0.15, -0.1) is 0 Å². The molecule has 0 saturated carbocycles. The van der Waals surface area contributed by atoms with Crippen molar-refractivity contribution in [2.75, 3.05) is 13.6 Å². The van der Waals surface area contributed by atoms with Gasteiger partial charge < -0.3 is 29.1 Å². The number of aliphatic hydroxyl groups is 2. The van der Waals surface area contributed by atoms with Crippen molar-refractivity contribution in [3.05, 3.63) is 51.2 Å². The molecule has 16 heteroatoms. The number of carbonyl (C=O) groups excluding carboxylic acids is 1. The quantitative estimate of drug-likeness (QED) is 0.285. The van der Waals surface area contributed by atoms with Crippen molar-refractivity contribution >= 4 is 46.4 Å². The summed E-state index contributed by atoms with van der Waals surface area (Å²) >= 11 is 17.8. The Morgan fingerprint density at radius 3 is 2.39 bits per heavy atom. The molecule has 0 unspecified atom stereocenters. The summed E-state index contributed by atoms with van der Waals surface area (Å²) in [5.41, 5.74) is -0.428. The lowest BCUT2D eigenvalue weighted by molar-refractivity contribution is -0.204. The lowest BCUT2D eigenvalue weighted by Crippen LogP contribution is -2.51. The molecule has 202 valence electrons. The van der Waals surface area contributed by atoms with Crippen molar-refractivity contribution in [1.29, 1.82) is 0 Å². The number of hydrogen-bond donors (Lipinski definition) is 3. The van der Waals surface area contributed by atoms with Crippen molar-refractivity contribution in [2.45, 2.75) is 24.8 Å². The number of likely N-dealkylation sites (N-methyl/N-ethyl adjacent to an activating group) is 1. The van der Waals surface area contributed by atoms with E-state index in [-0.39, 0.29) is 50.3 Å². The fraction of sp³-hybridized carbons (Fsp3) is 0.273. The number of benzene rings is 1. The molecular weight excluding hydrogens is 578 g/mol. The van der Waals surface area contributed by atoms with Crippen LogP contribution in [0.1, 0.15) is 18.4 Å². The van der Waals surface area contributed by atoms with Crippen molar-refractivity contribution < 1.29 is 37.8 Å². The van der Waals surface area contributed by atoms with Crippen LogP contribution in [0.15, 0.2) is 35.1 Å². The first-order valence-corrected chi connectivity index (χ1v) is 11.8. The van der Waals surface area contributed by atoms with Gasteiger partial charge in [-0.1, -0.05) is 40.0 Å². The normalized spacial score (nSPS) is 15.5. The van der Waals surface area contributed by atoms with Gasteiger partial charge in [-0.2, -0.15) is 18.2 Å². The number of likely N-dealkylation sites (tertiary alicyclic amines) is 1. The molecule has 1 saturated heterocycles. The van der Waals surface area contributed by atoms with E-state index in [0.29, 0.717) is 18.5 Å². The minimum Gasteiger partial charge on any atom is -0.506 e. The highest BCUT2D eigenvalue weighted by atomic mass is 35.5. The van der Waals surface area contributed by atoms with E-state index < -0.39 is 23.4 Å². The zero-order valence-corrected chi connectivity index (χ0v) is 21.4. The fourth-order valence-electron chi connectivity index (χ4n) is 3.54. The molecule has 38 heavy (non-hydrogen) atoms. The first kappa shape index (κ1) is 27.9. The predicted molar refractivity (Wildman–Crippen MR) is 130 cm³/mol. The number of pyridine rings is 1. The third kappa shape index (κ3) is 5.66. The third-order valence-electron chi connectivity index (χ3n) is 5.46. The summed E-state index contributed by atoms with van der Waals surface area (Å²) in [6.07, 6.45) is -1.63. The van der Waals surface area contributed by atoms with Crippen LogP contribution in [0.25, 0.3) is 28.6 Å². The zero-order chi connectivity index (χ0) is 28.0. The van der Waals surface area contributed by atoms with Crippen molar-refractivity contribution in [2.24, 2.45) is 0 Å². The van der Waals surface area contributed by atoms with Gasteiger partial charge in [0.25, 0.3) is 11.8 Å².